The molecule has 0 aromatic rings. The van der Waals surface area contributed by atoms with Crippen LogP contribution in [0.15, 0.2) is 4.99 Å². The standard InChI is InChI=1S/C18H32N2/c19-17-18-13-9-6-4-2-1-3-5-7-11-15-20-16-12-8-10-14-18/h16,18H,1-15H2. The van der Waals surface area contributed by atoms with Crippen molar-refractivity contribution in [2.75, 3.05) is 6.54 Å². The van der Waals surface area contributed by atoms with E-state index in [1.807, 2.05) is 0 Å². The highest BCUT2D eigenvalue weighted by Crippen LogP contribution is 2.18. The van der Waals surface area contributed by atoms with E-state index in [0.29, 0.717) is 5.92 Å². The van der Waals surface area contributed by atoms with Crippen molar-refractivity contribution < 1.29 is 0 Å². The fourth-order valence-electron chi connectivity index (χ4n) is 2.91. The van der Waals surface area contributed by atoms with Gasteiger partial charge in [0.1, 0.15) is 0 Å². The van der Waals surface area contributed by atoms with Crippen molar-refractivity contribution in [1.29, 1.82) is 5.26 Å². The van der Waals surface area contributed by atoms with Gasteiger partial charge in [0.05, 0.1) is 6.07 Å². The van der Waals surface area contributed by atoms with E-state index in [1.165, 1.54) is 70.6 Å². The molecule has 0 spiro atoms. The summed E-state index contributed by atoms with van der Waals surface area (Å²) in [5.74, 6) is 0.297. The third-order valence-corrected chi connectivity index (χ3v) is 4.29. The van der Waals surface area contributed by atoms with Gasteiger partial charge in [-0.3, -0.25) is 4.99 Å². The minimum atomic E-state index is 0.297. The Morgan fingerprint density at radius 3 is 1.95 bits per heavy atom. The molecular weight excluding hydrogens is 244 g/mol. The van der Waals surface area contributed by atoms with E-state index in [0.717, 1.165) is 25.8 Å². The summed E-state index contributed by atoms with van der Waals surface area (Å²) in [4.78, 5) is 4.48. The van der Waals surface area contributed by atoms with Crippen molar-refractivity contribution in [3.63, 3.8) is 0 Å². The Balaban J connectivity index is 2.23. The van der Waals surface area contributed by atoms with E-state index >= 15 is 0 Å². The average molecular weight is 276 g/mol. The van der Waals surface area contributed by atoms with Crippen LogP contribution in [0.3, 0.4) is 0 Å². The Labute approximate surface area is 125 Å². The lowest BCUT2D eigenvalue weighted by Crippen LogP contribution is -1.98. The second kappa shape index (κ2) is 13.2. The first-order chi connectivity index (χ1) is 9.93. The molecule has 2 heteroatoms. The predicted molar refractivity (Wildman–Crippen MR) is 87.1 cm³/mol. The Morgan fingerprint density at radius 2 is 1.30 bits per heavy atom. The van der Waals surface area contributed by atoms with E-state index in [4.69, 9.17) is 0 Å². The highest BCUT2D eigenvalue weighted by atomic mass is 14.7. The fraction of sp³-hybridized carbons (Fsp3) is 0.889. The monoisotopic (exact) mass is 276 g/mol. The van der Waals surface area contributed by atoms with Crippen LogP contribution < -0.4 is 0 Å². The number of aliphatic imine (C=N–C) groups is 1. The van der Waals surface area contributed by atoms with Gasteiger partial charge in [0.25, 0.3) is 0 Å². The molecule has 0 radical (unpaired) electrons. The van der Waals surface area contributed by atoms with Crippen LogP contribution >= 0.6 is 0 Å². The lowest BCUT2D eigenvalue weighted by molar-refractivity contribution is 0.480. The second-order valence-electron chi connectivity index (χ2n) is 6.17. The van der Waals surface area contributed by atoms with E-state index in [9.17, 15) is 5.26 Å². The Bertz CT molecular complexity index is 278. The summed E-state index contributed by atoms with van der Waals surface area (Å²) in [5, 5.41) is 9.17. The molecule has 1 heterocycles. The predicted octanol–water partition coefficient (Wildman–Crippen LogP) is 5.67. The summed E-state index contributed by atoms with van der Waals surface area (Å²) >= 11 is 0. The molecule has 1 atom stereocenters. The number of hydrogen-bond donors (Lipinski definition) is 0. The van der Waals surface area contributed by atoms with Crippen LogP contribution in [-0.2, 0) is 0 Å². The zero-order chi connectivity index (χ0) is 14.3. The number of rotatable bonds is 0. The molecule has 1 rings (SSSR count). The maximum atomic E-state index is 9.17. The molecule has 0 fully saturated rings. The van der Waals surface area contributed by atoms with Gasteiger partial charge in [-0.15, -0.1) is 0 Å². The lowest BCUT2D eigenvalue weighted by atomic mass is 9.96. The van der Waals surface area contributed by atoms with Gasteiger partial charge in [-0.2, -0.15) is 5.26 Å². The van der Waals surface area contributed by atoms with Gasteiger partial charge in [-0.1, -0.05) is 57.8 Å². The summed E-state index contributed by atoms with van der Waals surface area (Å²) in [6.45, 7) is 1.01. The van der Waals surface area contributed by atoms with Crippen molar-refractivity contribution in [1.82, 2.24) is 0 Å². The maximum Gasteiger partial charge on any atom is 0.0655 e. The number of nitriles is 1. The molecule has 0 aromatic carbocycles. The summed E-state index contributed by atoms with van der Waals surface area (Å²) in [5.41, 5.74) is 0. The molecule has 1 aliphatic heterocycles. The summed E-state index contributed by atoms with van der Waals surface area (Å²) in [6, 6.07) is 2.49. The maximum absolute atomic E-state index is 9.17. The molecule has 20 heavy (non-hydrogen) atoms. The first-order valence-corrected chi connectivity index (χ1v) is 8.81. The molecule has 0 aromatic heterocycles. The Hall–Kier alpha value is -0.840. The second-order valence-corrected chi connectivity index (χ2v) is 6.17. The van der Waals surface area contributed by atoms with Gasteiger partial charge in [0.2, 0.25) is 0 Å². The molecule has 0 N–H and O–H groups in total. The molecule has 0 amide bonds. The van der Waals surface area contributed by atoms with Crippen molar-refractivity contribution in [3.05, 3.63) is 0 Å². The van der Waals surface area contributed by atoms with E-state index < -0.39 is 0 Å². The van der Waals surface area contributed by atoms with Gasteiger partial charge >= 0.3 is 0 Å². The van der Waals surface area contributed by atoms with Crippen LogP contribution in [0.2, 0.25) is 0 Å². The van der Waals surface area contributed by atoms with Crippen molar-refractivity contribution >= 4 is 6.21 Å². The first-order valence-electron chi connectivity index (χ1n) is 8.81. The topological polar surface area (TPSA) is 36.1 Å². The SMILES string of the molecule is N#CC1CCCCC=NCCCCCCCCCCC1. The minimum Gasteiger partial charge on any atom is -0.298 e. The molecule has 0 bridgehead atoms. The third-order valence-electron chi connectivity index (χ3n) is 4.29. The largest absolute Gasteiger partial charge is 0.298 e. The third kappa shape index (κ3) is 10.0. The quantitative estimate of drug-likeness (QED) is 0.561. The van der Waals surface area contributed by atoms with Crippen LogP contribution in [-0.4, -0.2) is 12.8 Å². The van der Waals surface area contributed by atoms with E-state index in [1.54, 1.807) is 0 Å². The fourth-order valence-corrected chi connectivity index (χ4v) is 2.91. The van der Waals surface area contributed by atoms with E-state index in [2.05, 4.69) is 17.3 Å². The smallest absolute Gasteiger partial charge is 0.0655 e. The summed E-state index contributed by atoms with van der Waals surface area (Å²) in [7, 11) is 0. The van der Waals surface area contributed by atoms with Crippen LogP contribution in [0.1, 0.15) is 89.9 Å². The van der Waals surface area contributed by atoms with Crippen molar-refractivity contribution in [3.8, 4) is 6.07 Å². The number of hydrogen-bond acceptors (Lipinski definition) is 2. The van der Waals surface area contributed by atoms with Crippen molar-refractivity contribution in [2.24, 2.45) is 10.9 Å². The lowest BCUT2D eigenvalue weighted by Gasteiger charge is -2.08. The van der Waals surface area contributed by atoms with Crippen LogP contribution in [0.4, 0.5) is 0 Å². The minimum absolute atomic E-state index is 0.297. The molecule has 0 saturated carbocycles. The molecule has 0 saturated heterocycles. The van der Waals surface area contributed by atoms with Crippen LogP contribution in [0.5, 0.6) is 0 Å². The molecule has 0 aliphatic carbocycles. The zero-order valence-electron chi connectivity index (χ0n) is 13.2. The Kier molecular flexibility index (Phi) is 11.3. The molecule has 1 aliphatic rings. The van der Waals surface area contributed by atoms with Gasteiger partial charge in [-0.25, -0.2) is 0 Å². The first kappa shape index (κ1) is 17.2. The van der Waals surface area contributed by atoms with Gasteiger partial charge in [0, 0.05) is 12.5 Å². The Morgan fingerprint density at radius 1 is 0.750 bits per heavy atom. The highest BCUT2D eigenvalue weighted by molar-refractivity contribution is 5.56. The molecule has 114 valence electrons. The zero-order valence-corrected chi connectivity index (χ0v) is 13.2. The van der Waals surface area contributed by atoms with Gasteiger partial charge in [-0.05, 0) is 38.3 Å². The number of nitrogens with zero attached hydrogens (tertiary/aromatic N) is 2. The van der Waals surface area contributed by atoms with Gasteiger partial charge < -0.3 is 0 Å². The normalized spacial score (nSPS) is 25.2. The molecular formula is C18H32N2. The van der Waals surface area contributed by atoms with Gasteiger partial charge in [0.15, 0.2) is 0 Å². The van der Waals surface area contributed by atoms with Crippen LogP contribution in [0, 0.1) is 17.2 Å². The summed E-state index contributed by atoms with van der Waals surface area (Å²) in [6.07, 6.45) is 19.9. The highest BCUT2D eigenvalue weighted by Gasteiger charge is 2.06. The van der Waals surface area contributed by atoms with Crippen molar-refractivity contribution in [2.45, 2.75) is 89.9 Å². The van der Waals surface area contributed by atoms with E-state index in [-0.39, 0.29) is 0 Å². The molecule has 2 nitrogen and oxygen atoms in total. The average Bonchev–Trinajstić information content (AvgIpc) is 2.47. The van der Waals surface area contributed by atoms with Crippen LogP contribution in [0.25, 0.3) is 0 Å². The summed E-state index contributed by atoms with van der Waals surface area (Å²) < 4.78 is 0. The molecule has 1 unspecified atom stereocenters.